The molecule has 1 atom stereocenters. The molecule has 1 aromatic rings. The summed E-state index contributed by atoms with van der Waals surface area (Å²) in [6, 6.07) is 9.76. The van der Waals surface area contributed by atoms with Gasteiger partial charge >= 0.3 is 0 Å². The molecular formula is C19H33N. The van der Waals surface area contributed by atoms with Crippen LogP contribution < -0.4 is 5.32 Å². The van der Waals surface area contributed by atoms with Crippen LogP contribution in [0.15, 0.2) is 24.3 Å². The predicted octanol–water partition coefficient (Wildman–Crippen LogP) is 5.51. The summed E-state index contributed by atoms with van der Waals surface area (Å²) in [4.78, 5) is 0. The highest BCUT2D eigenvalue weighted by Gasteiger charge is 2.19. The molecule has 0 saturated heterocycles. The van der Waals surface area contributed by atoms with Gasteiger partial charge in [0.2, 0.25) is 0 Å². The fraction of sp³-hybridized carbons (Fsp3) is 0.684. The van der Waals surface area contributed by atoms with Crippen molar-refractivity contribution in [2.24, 2.45) is 5.41 Å². The minimum Gasteiger partial charge on any atom is -0.310 e. The maximum Gasteiger partial charge on any atom is 0.0325 e. The first-order valence-electron chi connectivity index (χ1n) is 8.28. The smallest absolute Gasteiger partial charge is 0.0325 e. The maximum atomic E-state index is 3.70. The van der Waals surface area contributed by atoms with Crippen molar-refractivity contribution in [3.8, 4) is 0 Å². The number of rotatable bonds is 8. The van der Waals surface area contributed by atoms with Crippen LogP contribution in [0.5, 0.6) is 0 Å². The molecule has 0 saturated carbocycles. The topological polar surface area (TPSA) is 12.0 Å². The SMILES string of the molecule is CCCCc1ccc(C(CC(C)(C)C)NCCC)cc1. The van der Waals surface area contributed by atoms with E-state index in [9.17, 15) is 0 Å². The van der Waals surface area contributed by atoms with Gasteiger partial charge in [-0.2, -0.15) is 0 Å². The van der Waals surface area contributed by atoms with Crippen LogP contribution in [-0.4, -0.2) is 6.54 Å². The van der Waals surface area contributed by atoms with Crippen molar-refractivity contribution in [3.05, 3.63) is 35.4 Å². The van der Waals surface area contributed by atoms with Crippen molar-refractivity contribution in [1.29, 1.82) is 0 Å². The molecule has 0 aliphatic carbocycles. The second-order valence-corrected chi connectivity index (χ2v) is 7.12. The number of unbranched alkanes of at least 4 members (excludes halogenated alkanes) is 1. The fourth-order valence-electron chi connectivity index (χ4n) is 2.54. The van der Waals surface area contributed by atoms with E-state index in [2.05, 4.69) is 64.2 Å². The Morgan fingerprint density at radius 2 is 1.65 bits per heavy atom. The minimum atomic E-state index is 0.353. The summed E-state index contributed by atoms with van der Waals surface area (Å²) in [6.45, 7) is 12.5. The highest BCUT2D eigenvalue weighted by molar-refractivity contribution is 5.25. The second-order valence-electron chi connectivity index (χ2n) is 7.12. The second kappa shape index (κ2) is 8.46. The molecule has 1 N–H and O–H groups in total. The molecule has 1 heteroatoms. The zero-order valence-corrected chi connectivity index (χ0v) is 14.1. The summed E-state index contributed by atoms with van der Waals surface area (Å²) in [5, 5.41) is 3.70. The van der Waals surface area contributed by atoms with E-state index in [0.717, 1.165) is 6.54 Å². The number of hydrogen-bond acceptors (Lipinski definition) is 1. The van der Waals surface area contributed by atoms with Crippen LogP contribution in [0.4, 0.5) is 0 Å². The molecule has 1 aromatic carbocycles. The third-order valence-electron chi connectivity index (χ3n) is 3.66. The molecule has 0 aliphatic rings. The van der Waals surface area contributed by atoms with Gasteiger partial charge in [-0.25, -0.2) is 0 Å². The first-order chi connectivity index (χ1) is 9.46. The van der Waals surface area contributed by atoms with Crippen LogP contribution in [0.3, 0.4) is 0 Å². The van der Waals surface area contributed by atoms with Gasteiger partial charge in [-0.15, -0.1) is 0 Å². The van der Waals surface area contributed by atoms with E-state index >= 15 is 0 Å². The van der Waals surface area contributed by atoms with Gasteiger partial charge in [0.25, 0.3) is 0 Å². The van der Waals surface area contributed by atoms with E-state index in [1.807, 2.05) is 0 Å². The molecule has 0 aliphatic heterocycles. The molecule has 114 valence electrons. The molecule has 0 radical (unpaired) electrons. The predicted molar refractivity (Wildman–Crippen MR) is 90.2 cm³/mol. The molecule has 0 fully saturated rings. The average Bonchev–Trinajstić information content (AvgIpc) is 2.40. The number of hydrogen-bond donors (Lipinski definition) is 1. The molecule has 1 nitrogen and oxygen atoms in total. The maximum absolute atomic E-state index is 3.70. The summed E-state index contributed by atoms with van der Waals surface area (Å²) in [5.74, 6) is 0. The molecule has 20 heavy (non-hydrogen) atoms. The van der Waals surface area contributed by atoms with Crippen LogP contribution in [0.2, 0.25) is 0 Å². The molecule has 1 rings (SSSR count). The third-order valence-corrected chi connectivity index (χ3v) is 3.66. The normalized spacial score (nSPS) is 13.4. The van der Waals surface area contributed by atoms with Crippen LogP contribution >= 0.6 is 0 Å². The Bertz CT molecular complexity index is 358. The number of nitrogens with one attached hydrogen (secondary N) is 1. The standard InChI is InChI=1S/C19H33N/c1-6-8-9-16-10-12-17(13-11-16)18(20-14-7-2)15-19(3,4)5/h10-13,18,20H,6-9,14-15H2,1-5H3. The Labute approximate surface area is 126 Å². The third kappa shape index (κ3) is 6.56. The Kier molecular flexibility index (Phi) is 7.29. The van der Waals surface area contributed by atoms with Gasteiger partial charge in [-0.3, -0.25) is 0 Å². The molecule has 0 bridgehead atoms. The van der Waals surface area contributed by atoms with Gasteiger partial charge in [0.15, 0.2) is 0 Å². The Balaban J connectivity index is 2.73. The number of aryl methyl sites for hydroxylation is 1. The van der Waals surface area contributed by atoms with Crippen LogP contribution in [0.1, 0.15) is 77.5 Å². The Morgan fingerprint density at radius 3 is 2.15 bits per heavy atom. The largest absolute Gasteiger partial charge is 0.310 e. The zero-order chi connectivity index (χ0) is 15.0. The van der Waals surface area contributed by atoms with E-state index in [-0.39, 0.29) is 0 Å². The van der Waals surface area contributed by atoms with E-state index in [1.165, 1.54) is 43.2 Å². The van der Waals surface area contributed by atoms with E-state index in [0.29, 0.717) is 11.5 Å². The highest BCUT2D eigenvalue weighted by atomic mass is 14.9. The number of benzene rings is 1. The summed E-state index contributed by atoms with van der Waals surface area (Å²) in [5.41, 5.74) is 3.26. The van der Waals surface area contributed by atoms with Crippen molar-refractivity contribution in [2.75, 3.05) is 6.54 Å². The lowest BCUT2D eigenvalue weighted by atomic mass is 9.85. The molecule has 0 spiro atoms. The molecule has 0 amide bonds. The van der Waals surface area contributed by atoms with Crippen LogP contribution in [0, 0.1) is 5.41 Å². The zero-order valence-electron chi connectivity index (χ0n) is 14.1. The summed E-state index contributed by atoms with van der Waals surface area (Å²) >= 11 is 0. The first kappa shape index (κ1) is 17.2. The lowest BCUT2D eigenvalue weighted by Gasteiger charge is -2.27. The van der Waals surface area contributed by atoms with Crippen LogP contribution in [0.25, 0.3) is 0 Å². The van der Waals surface area contributed by atoms with Crippen molar-refractivity contribution in [2.45, 2.75) is 72.8 Å². The van der Waals surface area contributed by atoms with E-state index in [1.54, 1.807) is 0 Å². The fourth-order valence-corrected chi connectivity index (χ4v) is 2.54. The van der Waals surface area contributed by atoms with Crippen molar-refractivity contribution >= 4 is 0 Å². The molecule has 1 unspecified atom stereocenters. The van der Waals surface area contributed by atoms with Gasteiger partial charge in [-0.1, -0.05) is 65.3 Å². The Morgan fingerprint density at radius 1 is 1.00 bits per heavy atom. The van der Waals surface area contributed by atoms with Gasteiger partial charge in [0.05, 0.1) is 0 Å². The van der Waals surface area contributed by atoms with Crippen LogP contribution in [-0.2, 0) is 6.42 Å². The van der Waals surface area contributed by atoms with Crippen molar-refractivity contribution in [3.63, 3.8) is 0 Å². The van der Waals surface area contributed by atoms with Gasteiger partial charge in [0.1, 0.15) is 0 Å². The van der Waals surface area contributed by atoms with Gasteiger partial charge < -0.3 is 5.32 Å². The lowest BCUT2D eigenvalue weighted by Crippen LogP contribution is -2.26. The minimum absolute atomic E-state index is 0.353. The first-order valence-corrected chi connectivity index (χ1v) is 8.28. The van der Waals surface area contributed by atoms with E-state index < -0.39 is 0 Å². The Hall–Kier alpha value is -0.820. The molecule has 0 aromatic heterocycles. The van der Waals surface area contributed by atoms with E-state index in [4.69, 9.17) is 0 Å². The average molecular weight is 275 g/mol. The van der Waals surface area contributed by atoms with Crippen molar-refractivity contribution in [1.82, 2.24) is 5.32 Å². The monoisotopic (exact) mass is 275 g/mol. The molecule has 0 heterocycles. The lowest BCUT2D eigenvalue weighted by molar-refractivity contribution is 0.311. The summed E-state index contributed by atoms with van der Waals surface area (Å²) < 4.78 is 0. The summed E-state index contributed by atoms with van der Waals surface area (Å²) in [6.07, 6.45) is 6.14. The van der Waals surface area contributed by atoms with Gasteiger partial charge in [0, 0.05) is 6.04 Å². The quantitative estimate of drug-likeness (QED) is 0.660. The van der Waals surface area contributed by atoms with Crippen molar-refractivity contribution < 1.29 is 0 Å². The molecular weight excluding hydrogens is 242 g/mol. The summed E-state index contributed by atoms with van der Waals surface area (Å²) in [7, 11) is 0. The highest BCUT2D eigenvalue weighted by Crippen LogP contribution is 2.29. The van der Waals surface area contributed by atoms with Gasteiger partial charge in [-0.05, 0) is 48.8 Å².